The molecule has 0 aliphatic carbocycles. The molecule has 0 aromatic carbocycles. The summed E-state index contributed by atoms with van der Waals surface area (Å²) in [6.07, 6.45) is 0. The summed E-state index contributed by atoms with van der Waals surface area (Å²) in [5, 5.41) is 0. The summed E-state index contributed by atoms with van der Waals surface area (Å²) < 4.78 is 9.11. The largest absolute Gasteiger partial charge is 0.263 e. The van der Waals surface area contributed by atoms with Gasteiger partial charge in [-0.3, -0.25) is 4.57 Å². The Morgan fingerprint density at radius 3 is 2.25 bits per heavy atom. The first-order valence-corrected chi connectivity index (χ1v) is 2.90. The average Bonchev–Trinajstić information content (AvgIpc) is 1.37. The fraction of sp³-hybridized carbons (Fsp3) is 0. The van der Waals surface area contributed by atoms with E-state index in [1.54, 1.807) is 0 Å². The minimum Gasteiger partial charge on any atom is -0.263 e. The molecule has 0 aliphatic rings. The topological polar surface area (TPSA) is 17.1 Å². The van der Waals surface area contributed by atoms with Crippen LogP contribution in [0.1, 0.15) is 0 Å². The summed E-state index contributed by atoms with van der Waals surface area (Å²) in [5.41, 5.74) is 0. The molecule has 0 rings (SSSR count). The minimum atomic E-state index is -0.0571. The molecule has 2 radical (unpaired) electrons. The molecule has 0 saturated carbocycles. The van der Waals surface area contributed by atoms with E-state index in [1.807, 2.05) is 0 Å². The van der Waals surface area contributed by atoms with Crippen LogP contribution in [0.3, 0.4) is 0 Å². The predicted octanol–water partition coefficient (Wildman–Crippen LogP) is 1.01. The molecule has 0 atom stereocenters. The van der Waals surface area contributed by atoms with Crippen LogP contribution in [0.15, 0.2) is 0 Å². The van der Waals surface area contributed by atoms with E-state index in [4.69, 9.17) is 4.57 Å². The molecule has 0 unspecified atom stereocenters. The number of hydrogen-bond donors (Lipinski definition) is 0. The molecule has 20 valence electrons. The van der Waals surface area contributed by atoms with E-state index in [0.29, 0.717) is 0 Å². The average molecular weight is 89.9 g/mol. The summed E-state index contributed by atoms with van der Waals surface area (Å²) in [7, 11) is 4.56. The Morgan fingerprint density at radius 1 is 2.00 bits per heavy atom. The van der Waals surface area contributed by atoms with E-state index in [1.165, 1.54) is 0 Å². The van der Waals surface area contributed by atoms with Crippen LogP contribution in [-0.2, 0) is 4.57 Å². The summed E-state index contributed by atoms with van der Waals surface area (Å²) in [6.45, 7) is 0. The molecule has 0 heterocycles. The predicted molar refractivity (Wildman–Crippen MR) is 21.0 cm³/mol. The zero-order chi connectivity index (χ0) is 3.41. The molecule has 0 bridgehead atoms. The van der Waals surface area contributed by atoms with Crippen LogP contribution in [0.4, 0.5) is 0 Å². The highest BCUT2D eigenvalue weighted by atomic mass is 32.7. The molecule has 1 nitrogen and oxygen atoms in total. The molecular weight excluding hydrogens is 89.9 g/mol. The Labute approximate surface area is 31.4 Å². The van der Waals surface area contributed by atoms with Crippen LogP contribution in [-0.4, -0.2) is 7.12 Å². The lowest BCUT2D eigenvalue weighted by atomic mass is 10.8. The normalized spacial score (nSPS) is 8.00. The van der Waals surface area contributed by atoms with Crippen molar-refractivity contribution in [1.82, 2.24) is 0 Å². The second-order valence-corrected chi connectivity index (χ2v) is 1.62. The Morgan fingerprint density at radius 2 is 2.25 bits per heavy atom. The van der Waals surface area contributed by atoms with E-state index < -0.39 is 0 Å². The Balaban J connectivity index is 2.30. The highest BCUT2D eigenvalue weighted by Gasteiger charge is 1.55. The van der Waals surface area contributed by atoms with Gasteiger partial charge in [0, 0.05) is 0 Å². The summed E-state index contributed by atoms with van der Waals surface area (Å²) in [5.74, 6) is 0. The molecule has 0 fully saturated rings. The highest BCUT2D eigenvalue weighted by Crippen LogP contribution is 2.07. The first-order valence-electron chi connectivity index (χ1n) is 0.601. The minimum absolute atomic E-state index is 0.0571. The van der Waals surface area contributed by atoms with Crippen molar-refractivity contribution in [2.24, 2.45) is 0 Å². The van der Waals surface area contributed by atoms with Gasteiger partial charge < -0.3 is 0 Å². The second-order valence-electron chi connectivity index (χ2n) is 0.180. The van der Waals surface area contributed by atoms with Crippen molar-refractivity contribution in [2.75, 3.05) is 0 Å². The quantitative estimate of drug-likeness (QED) is 0.353. The maximum Gasteiger partial charge on any atom is 0.213 e. The van der Waals surface area contributed by atoms with E-state index in [2.05, 4.69) is 7.12 Å². The van der Waals surface area contributed by atoms with Crippen LogP contribution in [0, 0.1) is 0 Å². The van der Waals surface area contributed by atoms with Crippen molar-refractivity contribution in [1.29, 1.82) is 0 Å². The van der Waals surface area contributed by atoms with Gasteiger partial charge in [-0.1, -0.05) is 0 Å². The van der Waals surface area contributed by atoms with Crippen LogP contribution in [0.2, 0.25) is 0 Å². The molecule has 4 heavy (non-hydrogen) atoms. The van der Waals surface area contributed by atoms with Crippen molar-refractivity contribution >= 4 is 26.0 Å². The van der Waals surface area contributed by atoms with E-state index in [9.17, 15) is 0 Å². The molecule has 0 aromatic heterocycles. The lowest BCUT2D eigenvalue weighted by molar-refractivity contribution is 0.605. The Hall–Kier alpha value is 0.515. The summed E-state index contributed by atoms with van der Waals surface area (Å²) in [6, 6.07) is 0. The zero-order valence-corrected chi connectivity index (χ0v) is 3.55. The standard InChI is InChI=1S/BOPS/c1-4-3-2. The number of rotatable bonds is 1. The van der Waals surface area contributed by atoms with Gasteiger partial charge in [0.25, 0.3) is 0 Å². The molecule has 0 saturated heterocycles. The van der Waals surface area contributed by atoms with Crippen LogP contribution >= 0.6 is 18.9 Å². The smallest absolute Gasteiger partial charge is 0.213 e. The van der Waals surface area contributed by atoms with Crippen molar-refractivity contribution < 1.29 is 4.57 Å². The lowest BCUT2D eigenvalue weighted by Crippen LogP contribution is -1.20. The SMILES string of the molecule is [B]SP=O. The first kappa shape index (κ1) is 4.51. The van der Waals surface area contributed by atoms with Gasteiger partial charge in [-0.15, -0.1) is 11.2 Å². The van der Waals surface area contributed by atoms with Crippen LogP contribution in [0.25, 0.3) is 0 Å². The molecule has 0 aliphatic heterocycles. The second kappa shape index (κ2) is 3.51. The lowest BCUT2D eigenvalue weighted by Gasteiger charge is -1.49. The molecule has 0 N–H and O–H groups in total. The third-order valence-corrected chi connectivity index (χ3v) is 0.387. The van der Waals surface area contributed by atoms with E-state index in [0.717, 1.165) is 11.2 Å². The monoisotopic (exact) mass is 90.0 g/mol. The molecule has 0 aromatic rings. The van der Waals surface area contributed by atoms with Gasteiger partial charge in [0.2, 0.25) is 7.66 Å². The Bertz CT molecular complexity index is 22.0. The van der Waals surface area contributed by atoms with Gasteiger partial charge in [-0.05, 0) is 0 Å². The fourth-order valence-electron chi connectivity index (χ4n) is 0. The molecule has 0 amide bonds. The highest BCUT2D eigenvalue weighted by molar-refractivity contribution is 8.57. The van der Waals surface area contributed by atoms with Gasteiger partial charge in [0.15, 0.2) is 7.12 Å². The molecular formula is BOPS. The van der Waals surface area contributed by atoms with Gasteiger partial charge in [0.05, 0.1) is 0 Å². The summed E-state index contributed by atoms with van der Waals surface area (Å²) in [4.78, 5) is 0. The maximum atomic E-state index is 9.11. The van der Waals surface area contributed by atoms with Gasteiger partial charge in [-0.25, -0.2) is 0 Å². The van der Waals surface area contributed by atoms with Crippen LogP contribution in [0.5, 0.6) is 0 Å². The molecule has 4 heteroatoms. The number of hydrogen-bond acceptors (Lipinski definition) is 2. The molecule has 0 spiro atoms. The van der Waals surface area contributed by atoms with Crippen molar-refractivity contribution in [3.63, 3.8) is 0 Å². The third-order valence-electron chi connectivity index (χ3n) is 0.0430. The fourth-order valence-corrected chi connectivity index (χ4v) is 0. The third kappa shape index (κ3) is 2.51. The van der Waals surface area contributed by atoms with Gasteiger partial charge in [0.1, 0.15) is 0 Å². The van der Waals surface area contributed by atoms with Crippen molar-refractivity contribution in [2.45, 2.75) is 0 Å². The summed E-state index contributed by atoms with van der Waals surface area (Å²) >= 11 is 0.773. The maximum absolute atomic E-state index is 9.11. The van der Waals surface area contributed by atoms with E-state index in [-0.39, 0.29) is 7.66 Å². The first-order chi connectivity index (χ1) is 1.91. The van der Waals surface area contributed by atoms with Gasteiger partial charge in [-0.2, -0.15) is 0 Å². The Kier molecular flexibility index (Phi) is 3.97. The van der Waals surface area contributed by atoms with Crippen molar-refractivity contribution in [3.05, 3.63) is 0 Å². The van der Waals surface area contributed by atoms with Crippen molar-refractivity contribution in [3.8, 4) is 0 Å². The van der Waals surface area contributed by atoms with Crippen LogP contribution < -0.4 is 0 Å². The van der Waals surface area contributed by atoms with E-state index >= 15 is 0 Å². The zero-order valence-electron chi connectivity index (χ0n) is 1.84. The van der Waals surface area contributed by atoms with Gasteiger partial charge >= 0.3 is 0 Å².